The monoisotopic (exact) mass is 480 g/mol. The molecule has 10 nitrogen and oxygen atoms in total. The van der Waals surface area contributed by atoms with Crippen molar-refractivity contribution in [2.75, 3.05) is 13.2 Å². The van der Waals surface area contributed by atoms with Crippen LogP contribution in [-0.4, -0.2) is 62.4 Å². The average molecular weight is 480 g/mol. The van der Waals surface area contributed by atoms with Crippen LogP contribution in [0.2, 0.25) is 0 Å². The van der Waals surface area contributed by atoms with E-state index in [1.165, 1.54) is 0 Å². The molecule has 0 saturated carbocycles. The van der Waals surface area contributed by atoms with Crippen LogP contribution in [0.1, 0.15) is 28.7 Å². The molecule has 10 heteroatoms. The number of fused-ring (bicyclic) bond motifs is 3. The van der Waals surface area contributed by atoms with E-state index in [9.17, 15) is 29.7 Å². The van der Waals surface area contributed by atoms with Crippen LogP contribution >= 0.6 is 0 Å². The first-order valence-electron chi connectivity index (χ1n) is 11.2. The van der Waals surface area contributed by atoms with Crippen molar-refractivity contribution >= 4 is 5.97 Å². The molecular weight excluding hydrogens is 456 g/mol. The molecule has 5 rings (SSSR count). The lowest BCUT2D eigenvalue weighted by molar-refractivity contribution is -0.144. The van der Waals surface area contributed by atoms with E-state index in [0.717, 1.165) is 33.0 Å². The van der Waals surface area contributed by atoms with Gasteiger partial charge in [-0.25, -0.2) is 4.79 Å². The lowest BCUT2D eigenvalue weighted by Crippen LogP contribution is -2.37. The third-order valence-corrected chi connectivity index (χ3v) is 6.56. The van der Waals surface area contributed by atoms with Crippen molar-refractivity contribution in [1.82, 2.24) is 9.55 Å². The number of nitrogens with zero attached hydrogens (tertiary/aromatic N) is 1. The first kappa shape index (κ1) is 23.2. The molecule has 1 aliphatic carbocycles. The molecule has 1 fully saturated rings. The molecule has 2 aliphatic rings. The predicted molar refractivity (Wildman–Crippen MR) is 123 cm³/mol. The van der Waals surface area contributed by atoms with E-state index in [0.29, 0.717) is 0 Å². The number of hydrogen-bond acceptors (Lipinski definition) is 8. The van der Waals surface area contributed by atoms with Gasteiger partial charge in [0.05, 0.1) is 12.2 Å². The van der Waals surface area contributed by atoms with E-state index < -0.39 is 54.8 Å². The van der Waals surface area contributed by atoms with Crippen LogP contribution < -0.4 is 11.2 Å². The molecule has 1 aromatic heterocycles. The zero-order valence-electron chi connectivity index (χ0n) is 18.5. The van der Waals surface area contributed by atoms with Crippen molar-refractivity contribution in [3.63, 3.8) is 0 Å². The number of H-pyrrole nitrogens is 1. The molecule has 2 heterocycles. The smallest absolute Gasteiger partial charge is 0.328 e. The van der Waals surface area contributed by atoms with E-state index >= 15 is 0 Å². The van der Waals surface area contributed by atoms with Gasteiger partial charge < -0.3 is 24.8 Å². The number of ether oxygens (including phenoxy) is 2. The van der Waals surface area contributed by atoms with Gasteiger partial charge >= 0.3 is 11.7 Å². The van der Waals surface area contributed by atoms with Crippen LogP contribution in [0.3, 0.4) is 0 Å². The van der Waals surface area contributed by atoms with Gasteiger partial charge in [-0.3, -0.25) is 19.1 Å². The van der Waals surface area contributed by atoms with Crippen LogP contribution in [-0.2, 0) is 20.8 Å². The lowest BCUT2D eigenvalue weighted by atomic mass is 9.98. The second-order valence-corrected chi connectivity index (χ2v) is 8.64. The zero-order valence-corrected chi connectivity index (χ0v) is 18.5. The predicted octanol–water partition coefficient (Wildman–Crippen LogP) is 0.0463. The summed E-state index contributed by atoms with van der Waals surface area (Å²) in [6.07, 6.45) is -4.17. The number of carbonyl (C=O) groups excluding carboxylic acids is 1. The SMILES string of the molecule is O=C(Cn1cc([C@@H]2O[C@H](CO)C(O)C2O)c(=O)[nH]c1=O)OCC1c2ccccc2-c2ccccc21. The number of rotatable bonds is 6. The second kappa shape index (κ2) is 9.23. The largest absolute Gasteiger partial charge is 0.463 e. The lowest BCUT2D eigenvalue weighted by Gasteiger charge is -2.16. The third kappa shape index (κ3) is 4.10. The molecule has 1 aliphatic heterocycles. The molecule has 0 amide bonds. The van der Waals surface area contributed by atoms with E-state index in [2.05, 4.69) is 4.98 Å². The van der Waals surface area contributed by atoms with E-state index in [-0.39, 0.29) is 18.1 Å². The summed E-state index contributed by atoms with van der Waals surface area (Å²) >= 11 is 0. The standard InChI is InChI=1S/C25H24N2O8/c28-11-19-21(30)22(31)23(35-19)17-9-27(25(33)26-24(17)32)10-20(29)34-12-18-15-7-3-1-5-13(15)14-6-2-4-8-16(14)18/h1-9,18-19,21-23,28,30-31H,10-12H2,(H,26,32,33)/t19-,21?,22?,23+/m1/s1. The Morgan fingerprint density at radius 1 is 0.971 bits per heavy atom. The molecule has 0 spiro atoms. The first-order valence-corrected chi connectivity index (χ1v) is 11.2. The summed E-state index contributed by atoms with van der Waals surface area (Å²) in [5.74, 6) is -0.832. The van der Waals surface area contributed by atoms with Crippen molar-refractivity contribution < 1.29 is 29.6 Å². The quantitative estimate of drug-likeness (QED) is 0.361. The Kier molecular flexibility index (Phi) is 6.12. The minimum Gasteiger partial charge on any atom is -0.463 e. The summed E-state index contributed by atoms with van der Waals surface area (Å²) < 4.78 is 11.9. The molecule has 0 radical (unpaired) electrons. The summed E-state index contributed by atoms with van der Waals surface area (Å²) in [4.78, 5) is 39.4. The van der Waals surface area contributed by atoms with Crippen LogP contribution in [0.25, 0.3) is 11.1 Å². The maximum atomic E-state index is 12.7. The number of aliphatic hydroxyl groups is 3. The number of benzene rings is 2. The van der Waals surface area contributed by atoms with Crippen molar-refractivity contribution in [3.8, 4) is 11.1 Å². The van der Waals surface area contributed by atoms with Gasteiger partial charge in [0.15, 0.2) is 0 Å². The fourth-order valence-electron chi connectivity index (χ4n) is 4.80. The number of esters is 1. The molecule has 4 N–H and O–H groups in total. The Labute approximate surface area is 199 Å². The van der Waals surface area contributed by atoms with Crippen molar-refractivity contribution in [1.29, 1.82) is 0 Å². The Hall–Kier alpha value is -3.57. The Balaban J connectivity index is 1.33. The van der Waals surface area contributed by atoms with Gasteiger partial charge in [0.2, 0.25) is 0 Å². The van der Waals surface area contributed by atoms with E-state index in [1.807, 2.05) is 48.5 Å². The molecule has 0 bridgehead atoms. The average Bonchev–Trinajstić information content (AvgIpc) is 3.33. The van der Waals surface area contributed by atoms with Gasteiger partial charge in [0.1, 0.15) is 37.6 Å². The summed E-state index contributed by atoms with van der Waals surface area (Å²) in [5.41, 5.74) is 2.46. The fourth-order valence-corrected chi connectivity index (χ4v) is 4.80. The minimum atomic E-state index is -1.49. The number of carbonyl (C=O) groups is 1. The molecule has 2 aromatic carbocycles. The molecule has 2 unspecified atom stereocenters. The molecule has 35 heavy (non-hydrogen) atoms. The molecule has 1 saturated heterocycles. The minimum absolute atomic E-state index is 0.0760. The van der Waals surface area contributed by atoms with Gasteiger partial charge in [-0.2, -0.15) is 0 Å². The zero-order chi connectivity index (χ0) is 24.7. The van der Waals surface area contributed by atoms with Crippen LogP contribution in [0.15, 0.2) is 64.3 Å². The fraction of sp³-hybridized carbons (Fsp3) is 0.320. The Morgan fingerprint density at radius 2 is 1.60 bits per heavy atom. The maximum Gasteiger partial charge on any atom is 0.328 e. The van der Waals surface area contributed by atoms with Crippen LogP contribution in [0.4, 0.5) is 0 Å². The number of aliphatic hydroxyl groups excluding tert-OH is 3. The van der Waals surface area contributed by atoms with Crippen molar-refractivity contribution in [2.45, 2.75) is 36.9 Å². The van der Waals surface area contributed by atoms with Gasteiger partial charge in [0, 0.05) is 12.1 Å². The van der Waals surface area contributed by atoms with Gasteiger partial charge in [-0.05, 0) is 22.3 Å². The number of hydrogen-bond donors (Lipinski definition) is 4. The molecule has 182 valence electrons. The summed E-state index contributed by atoms with van der Waals surface area (Å²) in [6.45, 7) is -0.966. The second-order valence-electron chi connectivity index (χ2n) is 8.64. The topological polar surface area (TPSA) is 151 Å². The van der Waals surface area contributed by atoms with Crippen LogP contribution in [0, 0.1) is 0 Å². The van der Waals surface area contributed by atoms with Crippen molar-refractivity contribution in [3.05, 3.63) is 92.3 Å². The summed E-state index contributed by atoms with van der Waals surface area (Å²) in [5, 5.41) is 29.5. The van der Waals surface area contributed by atoms with E-state index in [1.54, 1.807) is 0 Å². The Morgan fingerprint density at radius 3 is 2.20 bits per heavy atom. The summed E-state index contributed by atoms with van der Waals surface area (Å²) in [6, 6.07) is 15.8. The number of aromatic nitrogens is 2. The van der Waals surface area contributed by atoms with Gasteiger partial charge in [0.25, 0.3) is 5.56 Å². The van der Waals surface area contributed by atoms with Crippen LogP contribution in [0.5, 0.6) is 0 Å². The Bertz CT molecular complexity index is 1330. The normalized spacial score (nSPS) is 23.2. The molecular formula is C25H24N2O8. The van der Waals surface area contributed by atoms with Crippen molar-refractivity contribution in [2.24, 2.45) is 0 Å². The van der Waals surface area contributed by atoms with E-state index in [4.69, 9.17) is 9.47 Å². The number of aromatic amines is 1. The highest BCUT2D eigenvalue weighted by molar-refractivity contribution is 5.79. The molecule has 4 atom stereocenters. The third-order valence-electron chi connectivity index (χ3n) is 6.56. The first-order chi connectivity index (χ1) is 16.9. The highest BCUT2D eigenvalue weighted by Gasteiger charge is 2.44. The maximum absolute atomic E-state index is 12.7. The highest BCUT2D eigenvalue weighted by atomic mass is 16.6. The number of nitrogens with one attached hydrogen (secondary N) is 1. The van der Waals surface area contributed by atoms with Gasteiger partial charge in [-0.15, -0.1) is 0 Å². The summed E-state index contributed by atoms with van der Waals surface area (Å²) in [7, 11) is 0. The highest BCUT2D eigenvalue weighted by Crippen LogP contribution is 2.44. The molecule has 3 aromatic rings. The van der Waals surface area contributed by atoms with Gasteiger partial charge in [-0.1, -0.05) is 48.5 Å².